The van der Waals surface area contributed by atoms with Gasteiger partial charge in [-0.2, -0.15) is 0 Å². The van der Waals surface area contributed by atoms with E-state index in [-0.39, 0.29) is 13.2 Å². The summed E-state index contributed by atoms with van der Waals surface area (Å²) >= 11 is 6.86. The molecule has 51 heavy (non-hydrogen) atoms. The number of benzene rings is 2. The molecule has 5 atom stereocenters. The Labute approximate surface area is 310 Å². The van der Waals surface area contributed by atoms with Crippen LogP contribution in [0.2, 0.25) is 0 Å². The molecule has 0 aliphatic heterocycles. The third-order valence-corrected chi connectivity index (χ3v) is 9.48. The molecule has 0 amide bonds. The van der Waals surface area contributed by atoms with Crippen LogP contribution in [0.4, 0.5) is 0 Å². The quantitative estimate of drug-likeness (QED) is 0.0716. The van der Waals surface area contributed by atoms with Crippen molar-refractivity contribution in [3.8, 4) is 34.3 Å². The fourth-order valence-corrected chi connectivity index (χ4v) is 6.41. The minimum Gasteiger partial charge on any atom is -0.491 e. The molecule has 0 saturated heterocycles. The first kappa shape index (κ1) is 35.4. The van der Waals surface area contributed by atoms with Gasteiger partial charge in [0.1, 0.15) is 48.1 Å². The number of aliphatic hydroxyl groups excluding tert-OH is 3. The lowest BCUT2D eigenvalue weighted by Crippen LogP contribution is -2.58. The number of hydrogen-bond acceptors (Lipinski definition) is 11. The lowest BCUT2D eigenvalue weighted by molar-refractivity contribution is -0.0232. The van der Waals surface area contributed by atoms with Gasteiger partial charge in [-0.1, -0.05) is 0 Å². The normalized spacial score (nSPS) is 16.2. The highest BCUT2D eigenvalue weighted by atomic mass is 79.9. The summed E-state index contributed by atoms with van der Waals surface area (Å²) in [6.07, 6.45) is 1.92. The van der Waals surface area contributed by atoms with E-state index in [1.807, 2.05) is 48.5 Å². The molecular formula is C36H38Br2N8O5. The summed E-state index contributed by atoms with van der Waals surface area (Å²) in [4.78, 5) is 24.3. The number of aromatic nitrogens is 6. The monoisotopic (exact) mass is 820 g/mol. The minimum atomic E-state index is -0.951. The predicted molar refractivity (Wildman–Crippen MR) is 200 cm³/mol. The molecule has 0 radical (unpaired) electrons. The van der Waals surface area contributed by atoms with E-state index in [1.165, 1.54) is 0 Å². The van der Waals surface area contributed by atoms with Crippen LogP contribution >= 0.6 is 31.9 Å². The van der Waals surface area contributed by atoms with Crippen LogP contribution in [0, 0.1) is 0 Å². The SMILES string of the molecule is CC(O)C(NCC(O)COc1ccc(-c2nc3ncc(Br)cc3[nH]2)cc1)C(Oc1ccc(-c2nc3ncc(Br)cc3[nH]2)cc1)C(O)CNC1CC1. The summed E-state index contributed by atoms with van der Waals surface area (Å²) in [7, 11) is 0. The van der Waals surface area contributed by atoms with Crippen molar-refractivity contribution < 1.29 is 24.8 Å². The van der Waals surface area contributed by atoms with E-state index in [0.717, 1.165) is 43.9 Å². The second-order valence-corrected chi connectivity index (χ2v) is 14.6. The van der Waals surface area contributed by atoms with E-state index in [2.05, 4.69) is 72.4 Å². The highest BCUT2D eigenvalue weighted by Crippen LogP contribution is 2.27. The Morgan fingerprint density at radius 1 is 0.804 bits per heavy atom. The zero-order valence-corrected chi connectivity index (χ0v) is 30.8. The van der Waals surface area contributed by atoms with Gasteiger partial charge < -0.3 is 45.4 Å². The van der Waals surface area contributed by atoms with Crippen LogP contribution < -0.4 is 20.1 Å². The molecule has 7 rings (SSSR count). The Morgan fingerprint density at radius 3 is 1.88 bits per heavy atom. The number of aliphatic hydroxyl groups is 3. The van der Waals surface area contributed by atoms with Gasteiger partial charge in [0.2, 0.25) is 0 Å². The van der Waals surface area contributed by atoms with Crippen LogP contribution in [0.5, 0.6) is 11.5 Å². The molecule has 0 bridgehead atoms. The minimum absolute atomic E-state index is 0.00843. The molecule has 1 fully saturated rings. The topological polar surface area (TPSA) is 186 Å². The van der Waals surface area contributed by atoms with Crippen LogP contribution in [0.15, 0.2) is 82.0 Å². The van der Waals surface area contributed by atoms with Crippen LogP contribution in [-0.4, -0.2) is 101 Å². The molecule has 15 heteroatoms. The number of nitrogens with zero attached hydrogens (tertiary/aromatic N) is 4. The molecule has 7 N–H and O–H groups in total. The molecule has 5 unspecified atom stereocenters. The number of nitrogens with one attached hydrogen (secondary N) is 4. The average Bonchev–Trinajstić information content (AvgIpc) is 3.71. The standard InChI is InChI=1S/C36H38Br2N8O5/c1-19(47)31(40-16-25(48)18-50-26-8-2-20(3-9-26)33-43-28-12-22(37)14-41-35(28)45-33)32(30(49)17-39-24-6-7-24)51-27-10-4-21(5-11-27)34-44-29-13-23(38)15-42-36(29)46-34/h2-5,8-15,19,24-25,30-32,39-40,47-49H,6-7,16-18H2,1H3,(H,41,43,45)(H,42,44,46). The largest absolute Gasteiger partial charge is 0.491 e. The van der Waals surface area contributed by atoms with Crippen molar-refractivity contribution in [1.82, 2.24) is 40.5 Å². The number of imidazole rings is 2. The summed E-state index contributed by atoms with van der Waals surface area (Å²) in [5.41, 5.74) is 4.59. The second-order valence-electron chi connectivity index (χ2n) is 12.7. The molecule has 1 aliphatic rings. The molecule has 266 valence electrons. The van der Waals surface area contributed by atoms with Gasteiger partial charge in [-0.3, -0.25) is 0 Å². The Hall–Kier alpha value is -3.96. The number of ether oxygens (including phenoxy) is 2. The first-order chi connectivity index (χ1) is 24.7. The van der Waals surface area contributed by atoms with Crippen molar-refractivity contribution >= 4 is 54.2 Å². The van der Waals surface area contributed by atoms with E-state index in [4.69, 9.17) is 9.47 Å². The van der Waals surface area contributed by atoms with Crippen molar-refractivity contribution in [2.45, 2.75) is 56.3 Å². The van der Waals surface area contributed by atoms with Gasteiger partial charge in [0, 0.05) is 51.6 Å². The van der Waals surface area contributed by atoms with Crippen molar-refractivity contribution in [1.29, 1.82) is 0 Å². The molecule has 6 aromatic rings. The molecule has 13 nitrogen and oxygen atoms in total. The predicted octanol–water partition coefficient (Wildman–Crippen LogP) is 4.73. The lowest BCUT2D eigenvalue weighted by atomic mass is 9.99. The van der Waals surface area contributed by atoms with Crippen LogP contribution in [0.25, 0.3) is 45.1 Å². The summed E-state index contributed by atoms with van der Waals surface area (Å²) < 4.78 is 14.0. The second kappa shape index (κ2) is 15.7. The molecule has 2 aromatic carbocycles. The fourth-order valence-electron chi connectivity index (χ4n) is 5.75. The summed E-state index contributed by atoms with van der Waals surface area (Å²) in [5.74, 6) is 2.45. The highest BCUT2D eigenvalue weighted by Gasteiger charge is 2.35. The molecular weight excluding hydrogens is 784 g/mol. The van der Waals surface area contributed by atoms with Crippen LogP contribution in [0.3, 0.4) is 0 Å². The van der Waals surface area contributed by atoms with Crippen molar-refractivity contribution in [3.63, 3.8) is 0 Å². The number of halogens is 2. The molecule has 4 heterocycles. The number of aromatic amines is 2. The van der Waals surface area contributed by atoms with E-state index in [1.54, 1.807) is 31.5 Å². The van der Waals surface area contributed by atoms with Crippen LogP contribution in [-0.2, 0) is 0 Å². The van der Waals surface area contributed by atoms with Crippen molar-refractivity contribution in [2.75, 3.05) is 19.7 Å². The zero-order valence-electron chi connectivity index (χ0n) is 27.6. The smallest absolute Gasteiger partial charge is 0.178 e. The van der Waals surface area contributed by atoms with E-state index < -0.39 is 30.5 Å². The fraction of sp³-hybridized carbons (Fsp3) is 0.333. The third-order valence-electron chi connectivity index (χ3n) is 8.61. The average molecular weight is 823 g/mol. The Bertz CT molecular complexity index is 2070. The zero-order chi connectivity index (χ0) is 35.5. The first-order valence-corrected chi connectivity index (χ1v) is 18.3. The lowest BCUT2D eigenvalue weighted by Gasteiger charge is -2.34. The van der Waals surface area contributed by atoms with Crippen molar-refractivity contribution in [2.24, 2.45) is 0 Å². The number of H-pyrrole nitrogens is 2. The van der Waals surface area contributed by atoms with E-state index in [0.29, 0.717) is 47.0 Å². The third kappa shape index (κ3) is 8.92. The maximum absolute atomic E-state index is 11.3. The van der Waals surface area contributed by atoms with Gasteiger partial charge in [-0.15, -0.1) is 0 Å². The van der Waals surface area contributed by atoms with Gasteiger partial charge in [0.15, 0.2) is 11.3 Å². The molecule has 1 saturated carbocycles. The summed E-state index contributed by atoms with van der Waals surface area (Å²) in [6, 6.07) is 18.3. The first-order valence-electron chi connectivity index (χ1n) is 16.7. The van der Waals surface area contributed by atoms with Gasteiger partial charge in [0.05, 0.1) is 23.2 Å². The number of pyridine rings is 2. The maximum atomic E-state index is 11.3. The summed E-state index contributed by atoms with van der Waals surface area (Å²) in [6.45, 7) is 2.03. The molecule has 4 aromatic heterocycles. The van der Waals surface area contributed by atoms with Gasteiger partial charge in [-0.25, -0.2) is 19.9 Å². The Morgan fingerprint density at radius 2 is 1.35 bits per heavy atom. The van der Waals surface area contributed by atoms with Crippen molar-refractivity contribution in [3.05, 3.63) is 82.0 Å². The number of rotatable bonds is 16. The van der Waals surface area contributed by atoms with E-state index in [9.17, 15) is 15.3 Å². The van der Waals surface area contributed by atoms with E-state index >= 15 is 0 Å². The van der Waals surface area contributed by atoms with Gasteiger partial charge in [-0.05, 0) is 112 Å². The highest BCUT2D eigenvalue weighted by molar-refractivity contribution is 9.10. The summed E-state index contributed by atoms with van der Waals surface area (Å²) in [5, 5.41) is 39.6. The van der Waals surface area contributed by atoms with Gasteiger partial charge >= 0.3 is 0 Å². The Kier molecular flexibility index (Phi) is 10.9. The molecule has 1 aliphatic carbocycles. The van der Waals surface area contributed by atoms with Gasteiger partial charge in [0.25, 0.3) is 0 Å². The Balaban J connectivity index is 0.976. The number of hydrogen-bond donors (Lipinski definition) is 7. The maximum Gasteiger partial charge on any atom is 0.178 e. The van der Waals surface area contributed by atoms with Crippen LogP contribution in [0.1, 0.15) is 19.8 Å². The molecule has 0 spiro atoms. The number of fused-ring (bicyclic) bond motifs is 2.